The summed E-state index contributed by atoms with van der Waals surface area (Å²) in [6.07, 6.45) is 0. The molecule has 2 unspecified atom stereocenters. The van der Waals surface area contributed by atoms with E-state index in [-0.39, 0.29) is 24.5 Å². The predicted molar refractivity (Wildman–Crippen MR) is 101 cm³/mol. The number of rotatable bonds is 7. The molecule has 0 fully saturated rings. The maximum Gasteiger partial charge on any atom is 0.229 e. The van der Waals surface area contributed by atoms with Crippen LogP contribution in [0.4, 0.5) is 5.69 Å². The third-order valence-corrected chi connectivity index (χ3v) is 4.20. The molecule has 1 amide bonds. The molecule has 1 aromatic heterocycles. The fourth-order valence-corrected chi connectivity index (χ4v) is 2.57. The number of carbonyl (C=O) groups excluding carboxylic acids is 1. The zero-order valence-corrected chi connectivity index (χ0v) is 15.3. The Bertz CT molecular complexity index is 878. The minimum absolute atomic E-state index is 0.137. The van der Waals surface area contributed by atoms with Crippen molar-refractivity contribution in [2.45, 2.75) is 26.5 Å². The average Bonchev–Trinajstić information content (AvgIpc) is 3.12. The maximum absolute atomic E-state index is 12.5. The number of nitrogens with zero attached hydrogens (tertiary/aromatic N) is 2. The fourth-order valence-electron chi connectivity index (χ4n) is 2.57. The van der Waals surface area contributed by atoms with E-state index < -0.39 is 0 Å². The van der Waals surface area contributed by atoms with E-state index in [1.807, 2.05) is 37.3 Å². The molecule has 0 aliphatic heterocycles. The van der Waals surface area contributed by atoms with Gasteiger partial charge >= 0.3 is 0 Å². The molecule has 0 aliphatic rings. The van der Waals surface area contributed by atoms with Crippen LogP contribution in [0.5, 0.6) is 5.75 Å². The largest absolute Gasteiger partial charge is 0.485 e. The van der Waals surface area contributed by atoms with Crippen molar-refractivity contribution >= 4 is 11.6 Å². The predicted octanol–water partition coefficient (Wildman–Crippen LogP) is 3.23. The normalized spacial score (nSPS) is 13.0. The van der Waals surface area contributed by atoms with E-state index in [0.29, 0.717) is 23.2 Å². The lowest BCUT2D eigenvalue weighted by Crippen LogP contribution is -2.30. The summed E-state index contributed by atoms with van der Waals surface area (Å²) in [4.78, 5) is 16.5. The van der Waals surface area contributed by atoms with Gasteiger partial charge in [-0.1, -0.05) is 42.4 Å². The third-order valence-electron chi connectivity index (χ3n) is 4.20. The van der Waals surface area contributed by atoms with Crippen molar-refractivity contribution < 1.29 is 14.1 Å². The molecule has 0 bridgehead atoms. The van der Waals surface area contributed by atoms with Crippen LogP contribution in [0.15, 0.2) is 59.1 Å². The van der Waals surface area contributed by atoms with Crippen LogP contribution in [-0.4, -0.2) is 16.0 Å². The highest BCUT2D eigenvalue weighted by Gasteiger charge is 2.22. The fraction of sp³-hybridized carbons (Fsp3) is 0.250. The standard InChI is InChI=1S/C20H22N4O3/c1-13(19(21)15-6-4-3-5-7-15)20(25)23-16-8-10-17(11-9-16)26-12-18-22-14(2)27-24-18/h3-11,13,19H,12,21H2,1-2H3,(H,23,25). The molecule has 2 atom stereocenters. The molecule has 3 rings (SSSR count). The molecule has 2 aromatic carbocycles. The molecule has 7 heteroatoms. The van der Waals surface area contributed by atoms with Crippen molar-refractivity contribution in [2.24, 2.45) is 11.7 Å². The molecule has 140 valence electrons. The molecule has 3 aromatic rings. The number of nitrogens with one attached hydrogen (secondary N) is 1. The summed E-state index contributed by atoms with van der Waals surface area (Å²) in [5.41, 5.74) is 7.82. The zero-order chi connectivity index (χ0) is 19.2. The molecular formula is C20H22N4O3. The Labute approximate surface area is 157 Å². The Kier molecular flexibility index (Phi) is 5.83. The van der Waals surface area contributed by atoms with Crippen LogP contribution >= 0.6 is 0 Å². The summed E-state index contributed by atoms with van der Waals surface area (Å²) in [7, 11) is 0. The number of anilines is 1. The van der Waals surface area contributed by atoms with Gasteiger partial charge in [-0.3, -0.25) is 4.79 Å². The van der Waals surface area contributed by atoms with E-state index in [1.165, 1.54) is 0 Å². The van der Waals surface area contributed by atoms with Gasteiger partial charge in [-0.25, -0.2) is 0 Å². The summed E-state index contributed by atoms with van der Waals surface area (Å²) in [6, 6.07) is 16.3. The number of amides is 1. The Hall–Kier alpha value is -3.19. The van der Waals surface area contributed by atoms with Gasteiger partial charge in [0, 0.05) is 18.7 Å². The summed E-state index contributed by atoms with van der Waals surface area (Å²) < 4.78 is 10.5. The number of hydrogen-bond acceptors (Lipinski definition) is 6. The van der Waals surface area contributed by atoms with Crippen LogP contribution in [0.2, 0.25) is 0 Å². The molecule has 7 nitrogen and oxygen atoms in total. The minimum Gasteiger partial charge on any atom is -0.485 e. The summed E-state index contributed by atoms with van der Waals surface area (Å²) in [6.45, 7) is 3.75. The Morgan fingerprint density at radius 2 is 1.89 bits per heavy atom. The number of carbonyl (C=O) groups is 1. The van der Waals surface area contributed by atoms with Gasteiger partial charge in [0.2, 0.25) is 17.6 Å². The molecule has 0 saturated heterocycles. The number of aromatic nitrogens is 2. The van der Waals surface area contributed by atoms with Gasteiger partial charge in [-0.2, -0.15) is 4.98 Å². The summed E-state index contributed by atoms with van der Waals surface area (Å²) >= 11 is 0. The molecule has 3 N–H and O–H groups in total. The summed E-state index contributed by atoms with van der Waals surface area (Å²) in [5.74, 6) is 1.11. The monoisotopic (exact) mass is 366 g/mol. The van der Waals surface area contributed by atoms with Gasteiger partial charge in [0.25, 0.3) is 0 Å². The van der Waals surface area contributed by atoms with E-state index in [1.54, 1.807) is 31.2 Å². The van der Waals surface area contributed by atoms with Gasteiger partial charge in [-0.05, 0) is 29.8 Å². The molecule has 0 spiro atoms. The number of benzene rings is 2. The van der Waals surface area contributed by atoms with E-state index in [2.05, 4.69) is 15.5 Å². The first-order valence-electron chi connectivity index (χ1n) is 8.66. The van der Waals surface area contributed by atoms with Crippen LogP contribution in [-0.2, 0) is 11.4 Å². The Balaban J connectivity index is 1.54. The first kappa shape index (κ1) is 18.6. The van der Waals surface area contributed by atoms with Gasteiger partial charge < -0.3 is 20.3 Å². The smallest absolute Gasteiger partial charge is 0.229 e. The van der Waals surface area contributed by atoms with E-state index in [9.17, 15) is 4.79 Å². The van der Waals surface area contributed by atoms with Crippen molar-refractivity contribution in [3.05, 3.63) is 71.9 Å². The highest BCUT2D eigenvalue weighted by molar-refractivity contribution is 5.92. The Morgan fingerprint density at radius 3 is 2.52 bits per heavy atom. The zero-order valence-electron chi connectivity index (χ0n) is 15.3. The molecule has 0 aliphatic carbocycles. The van der Waals surface area contributed by atoms with Gasteiger partial charge in [0.15, 0.2) is 6.61 Å². The highest BCUT2D eigenvalue weighted by Crippen LogP contribution is 2.22. The lowest BCUT2D eigenvalue weighted by Gasteiger charge is -2.20. The van der Waals surface area contributed by atoms with Gasteiger partial charge in [-0.15, -0.1) is 0 Å². The topological polar surface area (TPSA) is 103 Å². The lowest BCUT2D eigenvalue weighted by molar-refractivity contribution is -0.120. The molecular weight excluding hydrogens is 344 g/mol. The van der Waals surface area contributed by atoms with Crippen molar-refractivity contribution in [2.75, 3.05) is 5.32 Å². The first-order chi connectivity index (χ1) is 13.0. The quantitative estimate of drug-likeness (QED) is 0.665. The number of aryl methyl sites for hydroxylation is 1. The highest BCUT2D eigenvalue weighted by atomic mass is 16.5. The number of ether oxygens (including phenoxy) is 1. The lowest BCUT2D eigenvalue weighted by atomic mass is 9.94. The van der Waals surface area contributed by atoms with Gasteiger partial charge in [0.1, 0.15) is 5.75 Å². The second-order valence-electron chi connectivity index (χ2n) is 6.26. The molecule has 0 saturated carbocycles. The molecule has 1 heterocycles. The van der Waals surface area contributed by atoms with Crippen LogP contribution in [0.1, 0.15) is 30.2 Å². The SMILES string of the molecule is Cc1nc(COc2ccc(NC(=O)C(C)C(N)c3ccccc3)cc2)no1. The van der Waals surface area contributed by atoms with E-state index in [0.717, 1.165) is 5.56 Å². The van der Waals surface area contributed by atoms with Crippen LogP contribution in [0.3, 0.4) is 0 Å². The van der Waals surface area contributed by atoms with Crippen molar-refractivity contribution in [3.8, 4) is 5.75 Å². The van der Waals surface area contributed by atoms with Crippen LogP contribution in [0, 0.1) is 12.8 Å². The van der Waals surface area contributed by atoms with E-state index >= 15 is 0 Å². The van der Waals surface area contributed by atoms with Crippen molar-refractivity contribution in [1.29, 1.82) is 0 Å². The summed E-state index contributed by atoms with van der Waals surface area (Å²) in [5, 5.41) is 6.65. The number of hydrogen-bond donors (Lipinski definition) is 2. The van der Waals surface area contributed by atoms with Crippen LogP contribution in [0.25, 0.3) is 0 Å². The Morgan fingerprint density at radius 1 is 1.19 bits per heavy atom. The van der Waals surface area contributed by atoms with E-state index in [4.69, 9.17) is 15.0 Å². The number of nitrogens with two attached hydrogens (primary N) is 1. The van der Waals surface area contributed by atoms with Gasteiger partial charge in [0.05, 0.1) is 5.92 Å². The second kappa shape index (κ2) is 8.46. The van der Waals surface area contributed by atoms with Crippen LogP contribution < -0.4 is 15.8 Å². The maximum atomic E-state index is 12.5. The second-order valence-corrected chi connectivity index (χ2v) is 6.26. The minimum atomic E-state index is -0.371. The van der Waals surface area contributed by atoms with Crippen molar-refractivity contribution in [3.63, 3.8) is 0 Å². The average molecular weight is 366 g/mol. The van der Waals surface area contributed by atoms with Crippen molar-refractivity contribution in [1.82, 2.24) is 10.1 Å². The third kappa shape index (κ3) is 4.92. The first-order valence-corrected chi connectivity index (χ1v) is 8.66. The molecule has 0 radical (unpaired) electrons. The molecule has 27 heavy (non-hydrogen) atoms.